The summed E-state index contributed by atoms with van der Waals surface area (Å²) >= 11 is 1.43. The van der Waals surface area contributed by atoms with Crippen LogP contribution < -0.4 is 5.56 Å². The number of thiophene rings is 1. The first kappa shape index (κ1) is 20.2. The number of nitrogens with one attached hydrogen (secondary N) is 1. The molecule has 0 unspecified atom stereocenters. The average Bonchev–Trinajstić information content (AvgIpc) is 3.48. The van der Waals surface area contributed by atoms with E-state index in [1.165, 1.54) is 11.3 Å². The molecular formula is C25H21N3O3S. The summed E-state index contributed by atoms with van der Waals surface area (Å²) in [4.78, 5) is 37.1. The molecule has 1 aliphatic rings. The number of hydrogen-bond acceptors (Lipinski definition) is 5. The number of carbonyl (C=O) groups excluding carboxylic acids is 1. The lowest BCUT2D eigenvalue weighted by molar-refractivity contribution is -0.123. The summed E-state index contributed by atoms with van der Waals surface area (Å²) in [5.74, 6) is 0.173. The van der Waals surface area contributed by atoms with Crippen molar-refractivity contribution >= 4 is 39.1 Å². The van der Waals surface area contributed by atoms with E-state index in [0.29, 0.717) is 34.4 Å². The van der Waals surface area contributed by atoms with Crippen molar-refractivity contribution < 1.29 is 9.90 Å². The first-order valence-electron chi connectivity index (χ1n) is 10.5. The maximum atomic E-state index is 13.3. The molecule has 1 saturated heterocycles. The predicted molar refractivity (Wildman–Crippen MR) is 127 cm³/mol. The van der Waals surface area contributed by atoms with Crippen LogP contribution >= 0.6 is 11.3 Å². The number of aromatic amines is 1. The van der Waals surface area contributed by atoms with Crippen LogP contribution in [0.4, 0.5) is 0 Å². The molecule has 7 heteroatoms. The number of H-pyrrole nitrogens is 1. The monoisotopic (exact) mass is 443 g/mol. The van der Waals surface area contributed by atoms with E-state index in [1.54, 1.807) is 35.2 Å². The first-order chi connectivity index (χ1) is 15.6. The molecule has 3 heterocycles. The minimum atomic E-state index is -0.278. The molecule has 1 amide bonds. The molecule has 0 bridgehead atoms. The number of phenols is 1. The highest BCUT2D eigenvalue weighted by Crippen LogP contribution is 2.32. The van der Waals surface area contributed by atoms with Gasteiger partial charge in [-0.1, -0.05) is 42.5 Å². The summed E-state index contributed by atoms with van der Waals surface area (Å²) in [5.41, 5.74) is 1.71. The van der Waals surface area contributed by atoms with Gasteiger partial charge in [-0.25, -0.2) is 4.98 Å². The summed E-state index contributed by atoms with van der Waals surface area (Å²) < 4.78 is 0. The van der Waals surface area contributed by atoms with Gasteiger partial charge < -0.3 is 15.0 Å². The molecule has 0 aliphatic carbocycles. The Hall–Kier alpha value is -3.71. The minimum absolute atomic E-state index is 0.106. The number of hydrogen-bond donors (Lipinski definition) is 2. The smallest absolute Gasteiger partial charge is 0.259 e. The molecule has 0 radical (unpaired) electrons. The number of amides is 1. The lowest BCUT2D eigenvalue weighted by atomic mass is 10.1. The van der Waals surface area contributed by atoms with Crippen LogP contribution in [0.15, 0.2) is 65.5 Å². The van der Waals surface area contributed by atoms with Crippen molar-refractivity contribution in [1.82, 2.24) is 14.9 Å². The molecule has 0 atom stereocenters. The molecule has 2 aromatic heterocycles. The number of carbonyl (C=O) groups is 1. The highest BCUT2D eigenvalue weighted by Gasteiger charge is 2.25. The van der Waals surface area contributed by atoms with Gasteiger partial charge in [0, 0.05) is 18.0 Å². The molecule has 6 nitrogen and oxygen atoms in total. The van der Waals surface area contributed by atoms with Crippen molar-refractivity contribution in [1.29, 1.82) is 0 Å². The lowest BCUT2D eigenvalue weighted by Crippen LogP contribution is -2.29. The fourth-order valence-corrected chi connectivity index (χ4v) is 4.94. The first-order valence-corrected chi connectivity index (χ1v) is 11.3. The maximum Gasteiger partial charge on any atom is 0.259 e. The predicted octanol–water partition coefficient (Wildman–Crippen LogP) is 4.52. The van der Waals surface area contributed by atoms with E-state index in [1.807, 2.05) is 36.4 Å². The normalized spacial score (nSPS) is 14.2. The van der Waals surface area contributed by atoms with Gasteiger partial charge in [-0.3, -0.25) is 9.59 Å². The topological polar surface area (TPSA) is 86.3 Å². The van der Waals surface area contributed by atoms with Gasteiger partial charge in [0.25, 0.3) is 11.5 Å². The van der Waals surface area contributed by atoms with Crippen molar-refractivity contribution in [3.05, 3.63) is 82.4 Å². The van der Waals surface area contributed by atoms with Crippen LogP contribution in [0.5, 0.6) is 5.75 Å². The molecule has 4 aromatic rings. The Kier molecular flexibility index (Phi) is 5.33. The molecule has 0 spiro atoms. The third-order valence-electron chi connectivity index (χ3n) is 5.52. The quantitative estimate of drug-likeness (QED) is 0.454. The Morgan fingerprint density at radius 2 is 1.84 bits per heavy atom. The lowest BCUT2D eigenvalue weighted by Gasteiger charge is -2.17. The Labute approximate surface area is 188 Å². The molecule has 32 heavy (non-hydrogen) atoms. The zero-order valence-corrected chi connectivity index (χ0v) is 18.1. The molecule has 2 N–H and O–H groups in total. The van der Waals surface area contributed by atoms with E-state index in [0.717, 1.165) is 23.3 Å². The standard InChI is InChI=1S/C25H21N3O3S/c29-18-10-6-7-16(13-18)14-19(25(31)28-11-4-5-12-28)22-26-23(30)20-15-21(32-24(20)27-22)17-8-2-1-3-9-17/h1-3,6-10,13-15,29H,4-5,11-12H2,(H,26,27,30). The van der Waals surface area contributed by atoms with Gasteiger partial charge in [-0.05, 0) is 48.2 Å². The van der Waals surface area contributed by atoms with E-state index in [-0.39, 0.29) is 23.0 Å². The van der Waals surface area contributed by atoms with Crippen molar-refractivity contribution in [2.24, 2.45) is 0 Å². The van der Waals surface area contributed by atoms with Gasteiger partial charge in [-0.15, -0.1) is 11.3 Å². The molecule has 0 saturated carbocycles. The number of phenolic OH excluding ortho intramolecular Hbond substituents is 1. The van der Waals surface area contributed by atoms with Crippen molar-refractivity contribution in [2.45, 2.75) is 12.8 Å². The third-order valence-corrected chi connectivity index (χ3v) is 6.60. The molecule has 1 aliphatic heterocycles. The second-order valence-electron chi connectivity index (χ2n) is 7.76. The van der Waals surface area contributed by atoms with Crippen molar-refractivity contribution in [2.75, 3.05) is 13.1 Å². The van der Waals surface area contributed by atoms with Crippen molar-refractivity contribution in [3.8, 4) is 16.2 Å². The van der Waals surface area contributed by atoms with Crippen LogP contribution in [0.3, 0.4) is 0 Å². The number of likely N-dealkylation sites (tertiary alicyclic amines) is 1. The van der Waals surface area contributed by atoms with Crippen LogP contribution in [0, 0.1) is 0 Å². The number of aromatic nitrogens is 2. The Morgan fingerprint density at radius 1 is 1.06 bits per heavy atom. The second-order valence-corrected chi connectivity index (χ2v) is 8.79. The Bertz CT molecular complexity index is 1380. The average molecular weight is 444 g/mol. The number of benzene rings is 2. The van der Waals surface area contributed by atoms with Crippen LogP contribution in [0.1, 0.15) is 24.2 Å². The highest BCUT2D eigenvalue weighted by atomic mass is 32.1. The van der Waals surface area contributed by atoms with Gasteiger partial charge in [0.15, 0.2) is 0 Å². The van der Waals surface area contributed by atoms with E-state index >= 15 is 0 Å². The van der Waals surface area contributed by atoms with Gasteiger partial charge in [0.1, 0.15) is 16.4 Å². The number of nitrogens with zero attached hydrogens (tertiary/aromatic N) is 2. The summed E-state index contributed by atoms with van der Waals surface area (Å²) in [6.45, 7) is 1.36. The number of rotatable bonds is 4. The number of fused-ring (bicyclic) bond motifs is 1. The fraction of sp³-hybridized carbons (Fsp3) is 0.160. The fourth-order valence-electron chi connectivity index (χ4n) is 3.91. The van der Waals surface area contributed by atoms with Crippen molar-refractivity contribution in [3.63, 3.8) is 0 Å². The van der Waals surface area contributed by atoms with E-state index in [9.17, 15) is 14.7 Å². The molecule has 5 rings (SSSR count). The Balaban J connectivity index is 1.64. The zero-order chi connectivity index (χ0) is 22.1. The van der Waals surface area contributed by atoms with Gasteiger partial charge >= 0.3 is 0 Å². The second kappa shape index (κ2) is 8.43. The SMILES string of the molecule is O=C(C(=Cc1cccc(O)c1)c1nc2sc(-c3ccccc3)cc2c(=O)[nH]1)N1CCCC1. The minimum Gasteiger partial charge on any atom is -0.508 e. The van der Waals surface area contributed by atoms with Gasteiger partial charge in [0.2, 0.25) is 0 Å². The third kappa shape index (κ3) is 3.94. The molecule has 160 valence electrons. The highest BCUT2D eigenvalue weighted by molar-refractivity contribution is 7.21. The van der Waals surface area contributed by atoms with E-state index < -0.39 is 0 Å². The summed E-state index contributed by atoms with van der Waals surface area (Å²) in [7, 11) is 0. The Morgan fingerprint density at radius 3 is 2.59 bits per heavy atom. The maximum absolute atomic E-state index is 13.3. The summed E-state index contributed by atoms with van der Waals surface area (Å²) in [5, 5.41) is 10.3. The van der Waals surface area contributed by atoms with Crippen LogP contribution in [-0.4, -0.2) is 39.0 Å². The van der Waals surface area contributed by atoms with Crippen LogP contribution in [0.25, 0.3) is 32.3 Å². The van der Waals surface area contributed by atoms with Gasteiger partial charge in [0.05, 0.1) is 11.0 Å². The summed E-state index contributed by atoms with van der Waals surface area (Å²) in [6.07, 6.45) is 3.59. The van der Waals surface area contributed by atoms with Crippen LogP contribution in [-0.2, 0) is 4.79 Å². The summed E-state index contributed by atoms with van der Waals surface area (Å²) in [6, 6.07) is 18.3. The number of aromatic hydroxyl groups is 1. The molecule has 1 fully saturated rings. The van der Waals surface area contributed by atoms with E-state index in [4.69, 9.17) is 0 Å². The van der Waals surface area contributed by atoms with Crippen LogP contribution in [0.2, 0.25) is 0 Å². The molecule has 2 aromatic carbocycles. The van der Waals surface area contributed by atoms with E-state index in [2.05, 4.69) is 9.97 Å². The zero-order valence-electron chi connectivity index (χ0n) is 17.2. The largest absolute Gasteiger partial charge is 0.508 e. The molecular weight excluding hydrogens is 422 g/mol. The van der Waals surface area contributed by atoms with Gasteiger partial charge in [-0.2, -0.15) is 0 Å².